The molecule has 0 fully saturated rings. The van der Waals surface area contributed by atoms with Gasteiger partial charge in [-0.25, -0.2) is 0 Å². The molecule has 0 saturated carbocycles. The van der Waals surface area contributed by atoms with Crippen LogP contribution in [0.15, 0.2) is 0 Å². The van der Waals surface area contributed by atoms with E-state index >= 15 is 0 Å². The fraction of sp³-hybridized carbons (Fsp3) is 1.00. The van der Waals surface area contributed by atoms with E-state index in [-0.39, 0.29) is 7.43 Å². The van der Waals surface area contributed by atoms with Crippen molar-refractivity contribution in [2.75, 3.05) is 0 Å². The molecule has 0 saturated heterocycles. The summed E-state index contributed by atoms with van der Waals surface area (Å²) in [5.74, 6) is -1.53. The highest BCUT2D eigenvalue weighted by atomic mass is 31.2. The fourth-order valence-corrected chi connectivity index (χ4v) is 0. The minimum absolute atomic E-state index is 0. The molecule has 0 aliphatic heterocycles. The first kappa shape index (κ1) is 11.0. The van der Waals surface area contributed by atoms with Gasteiger partial charge in [-0.15, -0.1) is 0 Å². The maximum absolute atomic E-state index is 9.78. The molecule has 0 rings (SSSR count). The quantitative estimate of drug-likeness (QED) is 0.455. The van der Waals surface area contributed by atoms with Crippen molar-refractivity contribution in [3.8, 4) is 0 Å². The van der Waals surface area contributed by atoms with Crippen molar-refractivity contribution >= 4 is 7.60 Å². The van der Waals surface area contributed by atoms with Crippen molar-refractivity contribution in [3.05, 3.63) is 0 Å². The third kappa shape index (κ3) is 4.27. The van der Waals surface area contributed by atoms with E-state index in [1.165, 1.54) is 0 Å². The molecule has 0 aromatic carbocycles. The Labute approximate surface area is 48.3 Å². The van der Waals surface area contributed by atoms with Gasteiger partial charge in [-0.1, -0.05) is 7.43 Å². The maximum Gasteiger partial charge on any atom is 0.353 e. The first-order chi connectivity index (χ1) is 2.94. The van der Waals surface area contributed by atoms with Crippen LogP contribution >= 0.6 is 7.60 Å². The van der Waals surface area contributed by atoms with Gasteiger partial charge in [0.05, 0.1) is 0 Å². The lowest BCUT2D eigenvalue weighted by Gasteiger charge is -2.03. The van der Waals surface area contributed by atoms with Crippen molar-refractivity contribution in [2.45, 2.75) is 20.2 Å². The number of rotatable bonds is 1. The smallest absolute Gasteiger partial charge is 0.353 e. The number of hydrogen-bond acceptors (Lipinski definition) is 2. The first-order valence-corrected chi connectivity index (χ1v) is 3.36. The topological polar surface area (TPSA) is 77.8 Å². The van der Waals surface area contributed by atoms with Crippen LogP contribution in [-0.2, 0) is 4.57 Å². The van der Waals surface area contributed by atoms with Crippen molar-refractivity contribution in [1.29, 1.82) is 0 Å². The number of hydrogen-bond donors (Lipinski definition) is 3. The molecule has 0 bridgehead atoms. The molecule has 1 atom stereocenters. The molecule has 5 heteroatoms. The van der Waals surface area contributed by atoms with Gasteiger partial charge in [0.1, 0.15) is 0 Å². The molecule has 3 N–H and O–H groups in total. The summed E-state index contributed by atoms with van der Waals surface area (Å²) in [4.78, 5) is 15.9. The van der Waals surface area contributed by atoms with Crippen molar-refractivity contribution in [2.24, 2.45) is 0 Å². The van der Waals surface area contributed by atoms with Gasteiger partial charge >= 0.3 is 7.60 Å². The summed E-state index contributed by atoms with van der Waals surface area (Å²) in [7, 11) is -4.18. The van der Waals surface area contributed by atoms with Gasteiger partial charge in [-0.3, -0.25) is 4.57 Å². The van der Waals surface area contributed by atoms with Crippen LogP contribution in [0.3, 0.4) is 0 Å². The Morgan fingerprint density at radius 2 is 1.62 bits per heavy atom. The first-order valence-electron chi connectivity index (χ1n) is 1.68. The van der Waals surface area contributed by atoms with E-state index in [4.69, 9.17) is 14.9 Å². The Hall–Kier alpha value is 0.110. The summed E-state index contributed by atoms with van der Waals surface area (Å²) in [6.07, 6.45) is 0. The predicted molar refractivity (Wildman–Crippen MR) is 30.5 cm³/mol. The number of aliphatic hydroxyl groups is 1. The lowest BCUT2D eigenvalue weighted by Crippen LogP contribution is -1.98. The average Bonchev–Trinajstić information content (AvgIpc) is 1.31. The van der Waals surface area contributed by atoms with E-state index in [1.807, 2.05) is 0 Å². The molecule has 4 nitrogen and oxygen atoms in total. The van der Waals surface area contributed by atoms with Crippen LogP contribution in [0.1, 0.15) is 14.4 Å². The van der Waals surface area contributed by atoms with E-state index in [0.29, 0.717) is 0 Å². The van der Waals surface area contributed by atoms with Crippen LogP contribution in [0, 0.1) is 0 Å². The minimum atomic E-state index is -4.18. The van der Waals surface area contributed by atoms with Crippen molar-refractivity contribution in [3.63, 3.8) is 0 Å². The molecule has 0 aromatic heterocycles. The molecule has 0 aliphatic carbocycles. The second-order valence-electron chi connectivity index (χ2n) is 1.22. The minimum Gasteiger partial charge on any atom is -0.381 e. The SMILES string of the molecule is C.CC(O)P(=O)(O)O. The molecule has 1 unspecified atom stereocenters. The van der Waals surface area contributed by atoms with Crippen molar-refractivity contribution < 1.29 is 19.5 Å². The molecule has 0 aromatic rings. The summed E-state index contributed by atoms with van der Waals surface area (Å²) in [6.45, 7) is 1.04. The van der Waals surface area contributed by atoms with Gasteiger partial charge in [0.2, 0.25) is 0 Å². The highest BCUT2D eigenvalue weighted by Crippen LogP contribution is 2.38. The van der Waals surface area contributed by atoms with Crippen LogP contribution in [0.2, 0.25) is 0 Å². The Morgan fingerprint density at radius 3 is 1.62 bits per heavy atom. The average molecular weight is 142 g/mol. The van der Waals surface area contributed by atoms with E-state index in [1.54, 1.807) is 0 Å². The Kier molecular flexibility index (Phi) is 4.39. The largest absolute Gasteiger partial charge is 0.381 e. The third-order valence-corrected chi connectivity index (χ3v) is 1.46. The monoisotopic (exact) mass is 142 g/mol. The standard InChI is InChI=1S/C2H7O4P.CH4/c1-2(3)7(4,5)6;/h2-3H,1H3,(H2,4,5,6);1H4. The molecule has 52 valence electrons. The third-order valence-electron chi connectivity index (χ3n) is 0.487. The lowest BCUT2D eigenvalue weighted by molar-refractivity contribution is 0.218. The zero-order valence-corrected chi connectivity index (χ0v) is 4.67. The molecule has 0 radical (unpaired) electrons. The summed E-state index contributed by atoms with van der Waals surface area (Å²) in [5.41, 5.74) is 0. The molecular weight excluding hydrogens is 131 g/mol. The highest BCUT2D eigenvalue weighted by Gasteiger charge is 2.19. The highest BCUT2D eigenvalue weighted by molar-refractivity contribution is 7.52. The van der Waals surface area contributed by atoms with Gasteiger partial charge in [-0.2, -0.15) is 0 Å². The predicted octanol–water partition coefficient (Wildman–Crippen LogP) is 0.138. The molecule has 0 spiro atoms. The molecule has 0 aliphatic rings. The lowest BCUT2D eigenvalue weighted by atomic mass is 10.9. The second-order valence-corrected chi connectivity index (χ2v) is 3.15. The molecule has 0 amide bonds. The second kappa shape index (κ2) is 3.20. The molecule has 0 heterocycles. The number of aliphatic hydroxyl groups excluding tert-OH is 1. The summed E-state index contributed by atoms with van der Waals surface area (Å²) in [6, 6.07) is 0. The van der Waals surface area contributed by atoms with Gasteiger partial charge in [0.25, 0.3) is 0 Å². The van der Waals surface area contributed by atoms with Crippen LogP contribution < -0.4 is 0 Å². The van der Waals surface area contributed by atoms with Gasteiger partial charge in [0, 0.05) is 0 Å². The summed E-state index contributed by atoms with van der Waals surface area (Å²) < 4.78 is 9.78. The Balaban J connectivity index is 0. The van der Waals surface area contributed by atoms with Gasteiger partial charge in [0.15, 0.2) is 5.85 Å². The maximum atomic E-state index is 9.78. The Bertz CT molecular complexity index is 93.5. The normalized spacial score (nSPS) is 14.5. The van der Waals surface area contributed by atoms with E-state index in [0.717, 1.165) is 6.92 Å². The molecular formula is C3H11O4P. The molecule has 8 heavy (non-hydrogen) atoms. The van der Waals surface area contributed by atoms with Crippen LogP contribution in [-0.4, -0.2) is 20.7 Å². The Morgan fingerprint density at radius 1 is 1.50 bits per heavy atom. The van der Waals surface area contributed by atoms with Crippen molar-refractivity contribution in [1.82, 2.24) is 0 Å². The van der Waals surface area contributed by atoms with Crippen LogP contribution in [0.5, 0.6) is 0 Å². The summed E-state index contributed by atoms with van der Waals surface area (Å²) in [5, 5.41) is 8.13. The van der Waals surface area contributed by atoms with Crippen LogP contribution in [0.25, 0.3) is 0 Å². The zero-order valence-electron chi connectivity index (χ0n) is 3.77. The van der Waals surface area contributed by atoms with Crippen LogP contribution in [0.4, 0.5) is 0 Å². The van der Waals surface area contributed by atoms with E-state index in [2.05, 4.69) is 0 Å². The zero-order chi connectivity index (χ0) is 6.08. The summed E-state index contributed by atoms with van der Waals surface area (Å²) >= 11 is 0. The van der Waals surface area contributed by atoms with E-state index < -0.39 is 13.4 Å². The van der Waals surface area contributed by atoms with Gasteiger partial charge < -0.3 is 14.9 Å². The van der Waals surface area contributed by atoms with E-state index in [9.17, 15) is 4.57 Å². The fourth-order valence-electron chi connectivity index (χ4n) is 0. The van der Waals surface area contributed by atoms with Gasteiger partial charge in [-0.05, 0) is 6.92 Å².